The number of nitrogens with one attached hydrogen (secondary N) is 1. The number of hydrogen-bond acceptors (Lipinski definition) is 4. The first-order valence-electron chi connectivity index (χ1n) is 7.98. The second kappa shape index (κ2) is 6.91. The minimum atomic E-state index is -0.187. The fourth-order valence-corrected chi connectivity index (χ4v) is 2.91. The van der Waals surface area contributed by atoms with Crippen molar-refractivity contribution in [2.24, 2.45) is 0 Å². The third-order valence-corrected chi connectivity index (χ3v) is 4.18. The zero-order valence-electron chi connectivity index (χ0n) is 13.2. The molecular weight excluding hydrogens is 294 g/mol. The second-order valence-corrected chi connectivity index (χ2v) is 5.92. The van der Waals surface area contributed by atoms with Gasteiger partial charge in [-0.3, -0.25) is 14.2 Å². The average Bonchev–Trinajstić information content (AvgIpc) is 3.04. The number of nitrogens with zero attached hydrogens (tertiary/aromatic N) is 2. The van der Waals surface area contributed by atoms with E-state index in [0.29, 0.717) is 17.4 Å². The molecular formula is C17H21N3O3. The third kappa shape index (κ3) is 3.59. The standard InChI is InChI=1S/C17H21N3O3/c1-12-4-2-6-14-16(12)19-11-20(17(14)22)10-15(21)18-8-7-13-5-3-9-23-13/h2,4,6,11,13H,3,5,7-10H2,1H3,(H,18,21)/t13-/m0/s1. The van der Waals surface area contributed by atoms with Gasteiger partial charge in [0.1, 0.15) is 6.54 Å². The molecule has 6 heteroatoms. The smallest absolute Gasteiger partial charge is 0.261 e. The van der Waals surface area contributed by atoms with Crippen molar-refractivity contribution in [3.63, 3.8) is 0 Å². The Labute approximate surface area is 134 Å². The molecule has 0 unspecified atom stereocenters. The summed E-state index contributed by atoms with van der Waals surface area (Å²) in [6, 6.07) is 5.48. The highest BCUT2D eigenvalue weighted by Crippen LogP contribution is 2.14. The maximum atomic E-state index is 12.4. The lowest BCUT2D eigenvalue weighted by atomic mass is 10.1. The molecule has 1 N–H and O–H groups in total. The molecule has 1 saturated heterocycles. The van der Waals surface area contributed by atoms with Crippen LogP contribution in [0, 0.1) is 6.92 Å². The van der Waals surface area contributed by atoms with E-state index in [4.69, 9.17) is 4.74 Å². The highest BCUT2D eigenvalue weighted by molar-refractivity contribution is 5.81. The molecule has 0 radical (unpaired) electrons. The first-order valence-corrected chi connectivity index (χ1v) is 7.98. The van der Waals surface area contributed by atoms with E-state index < -0.39 is 0 Å². The van der Waals surface area contributed by atoms with Gasteiger partial charge in [0, 0.05) is 13.2 Å². The van der Waals surface area contributed by atoms with E-state index in [9.17, 15) is 9.59 Å². The molecule has 1 aromatic heterocycles. The van der Waals surface area contributed by atoms with Gasteiger partial charge in [-0.05, 0) is 37.8 Å². The number of carbonyl (C=O) groups is 1. The van der Waals surface area contributed by atoms with Crippen LogP contribution in [-0.4, -0.2) is 34.7 Å². The van der Waals surface area contributed by atoms with Crippen molar-refractivity contribution in [2.45, 2.75) is 38.8 Å². The normalized spacial score (nSPS) is 17.5. The van der Waals surface area contributed by atoms with Crippen molar-refractivity contribution in [3.8, 4) is 0 Å². The zero-order chi connectivity index (χ0) is 16.2. The molecule has 1 amide bonds. The van der Waals surface area contributed by atoms with E-state index in [0.717, 1.165) is 31.4 Å². The van der Waals surface area contributed by atoms with Crippen LogP contribution in [0.4, 0.5) is 0 Å². The number of aryl methyl sites for hydroxylation is 1. The first kappa shape index (κ1) is 15.7. The monoisotopic (exact) mass is 315 g/mol. The zero-order valence-corrected chi connectivity index (χ0v) is 13.2. The van der Waals surface area contributed by atoms with Gasteiger partial charge < -0.3 is 10.1 Å². The van der Waals surface area contributed by atoms with Gasteiger partial charge in [0.25, 0.3) is 5.56 Å². The van der Waals surface area contributed by atoms with Crippen LogP contribution >= 0.6 is 0 Å². The Morgan fingerprint density at radius 3 is 3.13 bits per heavy atom. The summed E-state index contributed by atoms with van der Waals surface area (Å²) in [4.78, 5) is 28.7. The fraction of sp³-hybridized carbons (Fsp3) is 0.471. The Balaban J connectivity index is 1.63. The van der Waals surface area contributed by atoms with Crippen molar-refractivity contribution < 1.29 is 9.53 Å². The minimum absolute atomic E-state index is 0.0127. The molecule has 2 heterocycles. The van der Waals surface area contributed by atoms with Crippen LogP contribution in [0.1, 0.15) is 24.8 Å². The number of para-hydroxylation sites is 1. The quantitative estimate of drug-likeness (QED) is 0.905. The van der Waals surface area contributed by atoms with Gasteiger partial charge in [0.15, 0.2) is 0 Å². The molecule has 1 fully saturated rings. The summed E-state index contributed by atoms with van der Waals surface area (Å²) in [5.74, 6) is -0.182. The van der Waals surface area contributed by atoms with Gasteiger partial charge in [0.05, 0.1) is 23.3 Å². The van der Waals surface area contributed by atoms with E-state index in [1.54, 1.807) is 6.07 Å². The van der Waals surface area contributed by atoms with Crippen LogP contribution in [0.3, 0.4) is 0 Å². The Morgan fingerprint density at radius 1 is 1.48 bits per heavy atom. The van der Waals surface area contributed by atoms with Gasteiger partial charge >= 0.3 is 0 Å². The maximum absolute atomic E-state index is 12.4. The Bertz CT molecular complexity index is 763. The van der Waals surface area contributed by atoms with Crippen molar-refractivity contribution in [1.82, 2.24) is 14.9 Å². The van der Waals surface area contributed by atoms with Crippen LogP contribution in [0.25, 0.3) is 10.9 Å². The van der Waals surface area contributed by atoms with Crippen molar-refractivity contribution in [2.75, 3.05) is 13.2 Å². The molecule has 1 atom stereocenters. The Hall–Kier alpha value is -2.21. The van der Waals surface area contributed by atoms with E-state index >= 15 is 0 Å². The Kier molecular flexibility index (Phi) is 4.71. The molecule has 1 aromatic carbocycles. The number of fused-ring (bicyclic) bond motifs is 1. The molecule has 23 heavy (non-hydrogen) atoms. The maximum Gasteiger partial charge on any atom is 0.261 e. The van der Waals surface area contributed by atoms with Gasteiger partial charge in [-0.1, -0.05) is 12.1 Å². The summed E-state index contributed by atoms with van der Waals surface area (Å²) in [5.41, 5.74) is 1.45. The van der Waals surface area contributed by atoms with Crippen LogP contribution in [0.15, 0.2) is 29.3 Å². The summed E-state index contributed by atoms with van der Waals surface area (Å²) in [6.07, 6.45) is 4.66. The lowest BCUT2D eigenvalue weighted by Crippen LogP contribution is -2.34. The molecule has 1 aliphatic rings. The molecule has 0 aliphatic carbocycles. The number of benzene rings is 1. The number of amides is 1. The van der Waals surface area contributed by atoms with Crippen molar-refractivity contribution in [3.05, 3.63) is 40.4 Å². The van der Waals surface area contributed by atoms with Gasteiger partial charge in [-0.2, -0.15) is 0 Å². The minimum Gasteiger partial charge on any atom is -0.378 e. The van der Waals surface area contributed by atoms with Gasteiger partial charge in [-0.15, -0.1) is 0 Å². The summed E-state index contributed by atoms with van der Waals surface area (Å²) in [7, 11) is 0. The van der Waals surface area contributed by atoms with Crippen LogP contribution in [0.5, 0.6) is 0 Å². The van der Waals surface area contributed by atoms with E-state index in [2.05, 4.69) is 10.3 Å². The van der Waals surface area contributed by atoms with Gasteiger partial charge in [-0.25, -0.2) is 4.98 Å². The second-order valence-electron chi connectivity index (χ2n) is 5.92. The first-order chi connectivity index (χ1) is 11.1. The molecule has 0 saturated carbocycles. The number of rotatable bonds is 5. The fourth-order valence-electron chi connectivity index (χ4n) is 2.91. The molecule has 0 bridgehead atoms. The number of hydrogen-bond donors (Lipinski definition) is 1. The molecule has 2 aromatic rings. The average molecular weight is 315 g/mol. The summed E-state index contributed by atoms with van der Waals surface area (Å²) in [6.45, 7) is 3.28. The highest BCUT2D eigenvalue weighted by atomic mass is 16.5. The number of carbonyl (C=O) groups excluding carboxylic acids is 1. The predicted octanol–water partition coefficient (Wildman–Crippen LogP) is 1.39. The Morgan fingerprint density at radius 2 is 2.35 bits per heavy atom. The third-order valence-electron chi connectivity index (χ3n) is 4.18. The molecule has 1 aliphatic heterocycles. The largest absolute Gasteiger partial charge is 0.378 e. The predicted molar refractivity (Wildman–Crippen MR) is 87.3 cm³/mol. The molecule has 3 rings (SSSR count). The molecule has 122 valence electrons. The SMILES string of the molecule is Cc1cccc2c(=O)n(CC(=O)NCC[C@@H]3CCCO3)cnc12. The van der Waals surface area contributed by atoms with E-state index in [1.165, 1.54) is 10.9 Å². The molecule has 0 spiro atoms. The van der Waals surface area contributed by atoms with Gasteiger partial charge in [0.2, 0.25) is 5.91 Å². The summed E-state index contributed by atoms with van der Waals surface area (Å²) >= 11 is 0. The highest BCUT2D eigenvalue weighted by Gasteiger charge is 2.15. The number of ether oxygens (including phenoxy) is 1. The van der Waals surface area contributed by atoms with Crippen molar-refractivity contribution in [1.29, 1.82) is 0 Å². The summed E-state index contributed by atoms with van der Waals surface area (Å²) in [5, 5.41) is 3.38. The number of aromatic nitrogens is 2. The summed E-state index contributed by atoms with van der Waals surface area (Å²) < 4.78 is 6.87. The van der Waals surface area contributed by atoms with Crippen LogP contribution in [0.2, 0.25) is 0 Å². The molecule has 6 nitrogen and oxygen atoms in total. The topological polar surface area (TPSA) is 73.2 Å². The van der Waals surface area contributed by atoms with Crippen molar-refractivity contribution >= 4 is 16.8 Å². The lowest BCUT2D eigenvalue weighted by molar-refractivity contribution is -0.121. The lowest BCUT2D eigenvalue weighted by Gasteiger charge is -2.11. The van der Waals surface area contributed by atoms with E-state index in [-0.39, 0.29) is 24.1 Å². The van der Waals surface area contributed by atoms with Crippen LogP contribution in [-0.2, 0) is 16.1 Å². The van der Waals surface area contributed by atoms with E-state index in [1.807, 2.05) is 19.1 Å². The van der Waals surface area contributed by atoms with Crippen LogP contribution < -0.4 is 10.9 Å².